The van der Waals surface area contributed by atoms with Gasteiger partial charge in [-0.15, -0.1) is 0 Å². The van der Waals surface area contributed by atoms with E-state index in [-0.39, 0.29) is 11.1 Å². The van der Waals surface area contributed by atoms with Gasteiger partial charge in [-0.05, 0) is 19.1 Å². The van der Waals surface area contributed by atoms with Gasteiger partial charge in [0, 0.05) is 10.2 Å². The Balaban J connectivity index is 2.62. The maximum atomic E-state index is 11.8. The van der Waals surface area contributed by atoms with Gasteiger partial charge in [0.1, 0.15) is 0 Å². The van der Waals surface area contributed by atoms with E-state index in [1.54, 1.807) is 12.1 Å². The summed E-state index contributed by atoms with van der Waals surface area (Å²) in [6, 6.07) is 7.30. The summed E-state index contributed by atoms with van der Waals surface area (Å²) in [7, 11) is -1.27. The molecule has 0 aromatic heterocycles. The van der Waals surface area contributed by atoms with Crippen LogP contribution in [0.2, 0.25) is 0 Å². The van der Waals surface area contributed by atoms with Crippen molar-refractivity contribution in [2.75, 3.05) is 11.1 Å². The molecule has 0 spiro atoms. The van der Waals surface area contributed by atoms with E-state index in [0.29, 0.717) is 4.90 Å². The molecule has 1 aromatic carbocycles. The second kappa shape index (κ2) is 6.49. The summed E-state index contributed by atoms with van der Waals surface area (Å²) >= 11 is 3.06. The predicted molar refractivity (Wildman–Crippen MR) is 68.3 cm³/mol. The quantitative estimate of drug-likeness (QED) is 0.804. The van der Waals surface area contributed by atoms with Crippen LogP contribution in [0.5, 0.6) is 0 Å². The monoisotopic (exact) mass is 306 g/mol. The van der Waals surface area contributed by atoms with Crippen LogP contribution < -0.4 is 0 Å². The first-order valence-electron chi connectivity index (χ1n) is 4.91. The summed E-state index contributed by atoms with van der Waals surface area (Å²) in [4.78, 5) is 0.673. The zero-order valence-corrected chi connectivity index (χ0v) is 11.4. The fourth-order valence-corrected chi connectivity index (χ4v) is 2.75. The number of hydrogen-bond donors (Lipinski definition) is 2. The first-order chi connectivity index (χ1) is 7.54. The normalized spacial score (nSPS) is 16.8. The summed E-state index contributed by atoms with van der Waals surface area (Å²) in [5.41, 5.74) is 1.10. The van der Waals surface area contributed by atoms with Crippen LogP contribution in [0, 0.1) is 6.92 Å². The van der Waals surface area contributed by atoms with E-state index in [1.807, 2.05) is 19.1 Å². The van der Waals surface area contributed by atoms with Gasteiger partial charge in [0.15, 0.2) is 0 Å². The highest BCUT2D eigenvalue weighted by atomic mass is 79.9. The van der Waals surface area contributed by atoms with E-state index in [9.17, 15) is 14.4 Å². The minimum Gasteiger partial charge on any atom is -0.390 e. The van der Waals surface area contributed by atoms with Crippen molar-refractivity contribution in [2.45, 2.75) is 24.0 Å². The molecule has 0 unspecified atom stereocenters. The molecule has 2 N–H and O–H groups in total. The Morgan fingerprint density at radius 3 is 2.31 bits per heavy atom. The van der Waals surface area contributed by atoms with Gasteiger partial charge in [0.05, 0.1) is 28.8 Å². The molecule has 0 heterocycles. The molecule has 3 atom stereocenters. The fraction of sp³-hybridized carbons (Fsp3) is 0.455. The minimum atomic E-state index is -1.27. The number of aliphatic hydroxyl groups is 2. The van der Waals surface area contributed by atoms with Crippen molar-refractivity contribution in [3.05, 3.63) is 29.8 Å². The van der Waals surface area contributed by atoms with Crippen LogP contribution in [-0.4, -0.2) is 37.7 Å². The average molecular weight is 307 g/mol. The van der Waals surface area contributed by atoms with Gasteiger partial charge >= 0.3 is 0 Å². The van der Waals surface area contributed by atoms with Crippen molar-refractivity contribution < 1.29 is 14.4 Å². The second-order valence-corrected chi connectivity index (χ2v) is 5.76. The molecule has 5 heteroatoms. The zero-order valence-electron chi connectivity index (χ0n) is 8.97. The maximum Gasteiger partial charge on any atom is 0.0925 e. The van der Waals surface area contributed by atoms with Gasteiger partial charge in [0.2, 0.25) is 0 Å². The number of hydrogen-bond acceptors (Lipinski definition) is 3. The van der Waals surface area contributed by atoms with Crippen LogP contribution in [0.15, 0.2) is 29.2 Å². The van der Waals surface area contributed by atoms with E-state index in [4.69, 9.17) is 0 Å². The average Bonchev–Trinajstić information content (AvgIpc) is 2.28. The zero-order chi connectivity index (χ0) is 12.1. The van der Waals surface area contributed by atoms with E-state index in [0.717, 1.165) is 5.56 Å². The van der Waals surface area contributed by atoms with E-state index < -0.39 is 23.0 Å². The Kier molecular flexibility index (Phi) is 5.61. The molecule has 0 saturated carbocycles. The molecule has 0 bridgehead atoms. The van der Waals surface area contributed by atoms with Crippen molar-refractivity contribution >= 4 is 26.7 Å². The Morgan fingerprint density at radius 1 is 1.25 bits per heavy atom. The van der Waals surface area contributed by atoms with Gasteiger partial charge in [-0.25, -0.2) is 0 Å². The molecule has 0 radical (unpaired) electrons. The van der Waals surface area contributed by atoms with Crippen molar-refractivity contribution in [2.24, 2.45) is 0 Å². The number of aliphatic hydroxyl groups excluding tert-OH is 2. The Labute approximate surface area is 106 Å². The Bertz CT molecular complexity index is 353. The highest BCUT2D eigenvalue weighted by Gasteiger charge is 2.18. The largest absolute Gasteiger partial charge is 0.390 e. The highest BCUT2D eigenvalue weighted by molar-refractivity contribution is 9.09. The van der Waals surface area contributed by atoms with Gasteiger partial charge < -0.3 is 10.2 Å². The lowest BCUT2D eigenvalue weighted by molar-refractivity contribution is 0.0502. The number of aryl methyl sites for hydroxylation is 1. The molecule has 1 aromatic rings. The maximum absolute atomic E-state index is 11.8. The third kappa shape index (κ3) is 3.97. The van der Waals surface area contributed by atoms with Crippen molar-refractivity contribution in [1.29, 1.82) is 0 Å². The highest BCUT2D eigenvalue weighted by Crippen LogP contribution is 2.10. The molecule has 0 aliphatic rings. The molecule has 0 aliphatic carbocycles. The number of rotatable bonds is 5. The smallest absolute Gasteiger partial charge is 0.0925 e. The third-order valence-corrected chi connectivity index (χ3v) is 4.31. The number of halogens is 1. The van der Waals surface area contributed by atoms with Crippen molar-refractivity contribution in [1.82, 2.24) is 0 Å². The van der Waals surface area contributed by atoms with E-state index in [2.05, 4.69) is 15.9 Å². The van der Waals surface area contributed by atoms with Crippen molar-refractivity contribution in [3.63, 3.8) is 0 Å². The summed E-state index contributed by atoms with van der Waals surface area (Å²) in [6.07, 6.45) is -1.85. The summed E-state index contributed by atoms with van der Waals surface area (Å²) in [5.74, 6) is 0.0514. The Hall–Kier alpha value is -0.230. The van der Waals surface area contributed by atoms with E-state index >= 15 is 0 Å². The lowest BCUT2D eigenvalue weighted by atomic mass is 10.2. The SMILES string of the molecule is Cc1ccc([S@](=O)C[C@@H](O)[C@H](O)CBr)cc1. The number of alkyl halides is 1. The molecule has 0 saturated heterocycles. The molecule has 16 heavy (non-hydrogen) atoms. The summed E-state index contributed by atoms with van der Waals surface area (Å²) < 4.78 is 11.8. The summed E-state index contributed by atoms with van der Waals surface area (Å²) in [5, 5.41) is 19.1. The minimum absolute atomic E-state index is 0.0514. The summed E-state index contributed by atoms with van der Waals surface area (Å²) in [6.45, 7) is 1.95. The van der Waals surface area contributed by atoms with Crippen LogP contribution in [0.25, 0.3) is 0 Å². The van der Waals surface area contributed by atoms with Gasteiger partial charge in [-0.3, -0.25) is 4.21 Å². The van der Waals surface area contributed by atoms with Crippen LogP contribution in [0.3, 0.4) is 0 Å². The lowest BCUT2D eigenvalue weighted by Gasteiger charge is -2.14. The number of benzene rings is 1. The van der Waals surface area contributed by atoms with Crippen LogP contribution in [-0.2, 0) is 10.8 Å². The molecule has 0 amide bonds. The van der Waals surface area contributed by atoms with Crippen molar-refractivity contribution in [3.8, 4) is 0 Å². The van der Waals surface area contributed by atoms with Gasteiger partial charge in [-0.1, -0.05) is 33.6 Å². The Morgan fingerprint density at radius 2 is 1.81 bits per heavy atom. The molecular formula is C11H15BrO3S. The first-order valence-corrected chi connectivity index (χ1v) is 7.35. The lowest BCUT2D eigenvalue weighted by Crippen LogP contribution is -2.32. The standard InChI is InChI=1S/C11H15BrO3S/c1-8-2-4-9(5-3-8)16(15)7-11(14)10(13)6-12/h2-5,10-11,13-14H,6-7H2,1H3/t10-,11-,16-/m1/s1. The van der Waals surface area contributed by atoms with Gasteiger partial charge in [-0.2, -0.15) is 0 Å². The molecule has 1 rings (SSSR count). The third-order valence-electron chi connectivity index (χ3n) is 2.21. The topological polar surface area (TPSA) is 57.5 Å². The molecule has 0 fully saturated rings. The molecule has 90 valence electrons. The van der Waals surface area contributed by atoms with Crippen LogP contribution >= 0.6 is 15.9 Å². The van der Waals surface area contributed by atoms with Gasteiger partial charge in [0.25, 0.3) is 0 Å². The van der Waals surface area contributed by atoms with E-state index in [1.165, 1.54) is 0 Å². The predicted octanol–water partition coefficient (Wildman–Crippen LogP) is 1.22. The molecule has 0 aliphatic heterocycles. The first kappa shape index (κ1) is 13.8. The fourth-order valence-electron chi connectivity index (χ4n) is 1.16. The molecular weight excluding hydrogens is 292 g/mol. The van der Waals surface area contributed by atoms with Crippen LogP contribution in [0.1, 0.15) is 5.56 Å². The molecule has 3 nitrogen and oxygen atoms in total. The van der Waals surface area contributed by atoms with Crippen LogP contribution in [0.4, 0.5) is 0 Å². The second-order valence-electron chi connectivity index (χ2n) is 3.61.